The molecule has 0 radical (unpaired) electrons. The monoisotopic (exact) mass is 1060 g/mol. The van der Waals surface area contributed by atoms with Gasteiger partial charge in [0.15, 0.2) is 11.4 Å². The second-order valence-electron chi connectivity index (χ2n) is 18.3. The van der Waals surface area contributed by atoms with Crippen molar-refractivity contribution < 1.29 is 73.3 Å². The highest BCUT2D eigenvalue weighted by Gasteiger charge is 2.49. The number of halogens is 6. The van der Waals surface area contributed by atoms with Crippen molar-refractivity contribution in [2.24, 2.45) is 11.8 Å². The number of hydrogen-bond donors (Lipinski definition) is 1. The molecule has 22 heteroatoms. The molecule has 2 aromatic heterocycles. The summed E-state index contributed by atoms with van der Waals surface area (Å²) < 4.78 is 105. The third-order valence-electron chi connectivity index (χ3n) is 13.9. The molecule has 16 nitrogen and oxygen atoms in total. The Morgan fingerprint density at radius 2 is 1.09 bits per heavy atom. The van der Waals surface area contributed by atoms with E-state index >= 15 is 0 Å². The van der Waals surface area contributed by atoms with E-state index in [4.69, 9.17) is 18.3 Å². The largest absolute Gasteiger partial charge is 0.573 e. The van der Waals surface area contributed by atoms with Gasteiger partial charge in [0.1, 0.15) is 24.0 Å². The maximum atomic E-state index is 13.8. The number of nitrogens with zero attached hydrogens (tertiary/aromatic N) is 5. The molecule has 4 aromatic carbocycles. The minimum Gasteiger partial charge on any atom is -0.461 e. The van der Waals surface area contributed by atoms with Gasteiger partial charge in [0, 0.05) is 53.0 Å². The summed E-state index contributed by atoms with van der Waals surface area (Å²) in [5, 5.41) is 3.31. The average molecular weight is 1060 g/mol. The van der Waals surface area contributed by atoms with E-state index in [2.05, 4.69) is 24.8 Å². The number of oxazole rings is 2. The molecule has 0 saturated heterocycles. The van der Waals surface area contributed by atoms with Gasteiger partial charge in [-0.2, -0.15) is 9.97 Å². The van der Waals surface area contributed by atoms with Gasteiger partial charge >= 0.3 is 24.7 Å². The number of carbonyl (C=O) groups excluding carboxylic acids is 4. The molecule has 76 heavy (non-hydrogen) atoms. The van der Waals surface area contributed by atoms with Crippen LogP contribution in [-0.2, 0) is 9.47 Å². The van der Waals surface area contributed by atoms with E-state index in [1.165, 1.54) is 36.8 Å². The molecule has 2 aliphatic carbocycles. The van der Waals surface area contributed by atoms with Gasteiger partial charge < -0.3 is 47.8 Å². The Balaban J connectivity index is 0.000000186. The summed E-state index contributed by atoms with van der Waals surface area (Å²) >= 11 is 0. The number of anilines is 4. The van der Waals surface area contributed by atoms with Crippen LogP contribution in [0.4, 0.5) is 49.7 Å². The van der Waals surface area contributed by atoms with Crippen molar-refractivity contribution >= 4 is 47.2 Å². The number of benzene rings is 4. The molecule has 6 aromatic rings. The first-order valence-corrected chi connectivity index (χ1v) is 24.8. The van der Waals surface area contributed by atoms with Crippen LogP contribution in [0.3, 0.4) is 0 Å². The molecule has 2 aliphatic heterocycles. The summed E-state index contributed by atoms with van der Waals surface area (Å²) in [6.45, 7) is 6.38. The topological polar surface area (TPSA) is 179 Å². The number of rotatable bonds is 13. The maximum absolute atomic E-state index is 13.8. The number of hydrogen-bond acceptors (Lipinski definition) is 14. The van der Waals surface area contributed by atoms with E-state index in [0.717, 1.165) is 79.6 Å². The first-order valence-electron chi connectivity index (χ1n) is 24.8. The normalized spacial score (nSPS) is 20.4. The number of fused-ring (bicyclic) bond motifs is 4. The first-order chi connectivity index (χ1) is 36.5. The Morgan fingerprint density at radius 1 is 0.618 bits per heavy atom. The quantitative estimate of drug-likeness (QED) is 0.0853. The Morgan fingerprint density at radius 3 is 1.62 bits per heavy atom. The third kappa shape index (κ3) is 11.2. The van der Waals surface area contributed by atoms with Crippen molar-refractivity contribution in [3.63, 3.8) is 0 Å². The summed E-state index contributed by atoms with van der Waals surface area (Å²) in [7, 11) is 0. The number of esters is 2. The molecule has 0 bridgehead atoms. The Labute approximate surface area is 431 Å². The zero-order valence-electron chi connectivity index (χ0n) is 41.3. The van der Waals surface area contributed by atoms with Crippen molar-refractivity contribution in [1.82, 2.24) is 9.97 Å². The summed E-state index contributed by atoms with van der Waals surface area (Å²) in [6.07, 6.45) is -2.07. The van der Waals surface area contributed by atoms with Crippen LogP contribution in [0.25, 0.3) is 0 Å². The van der Waals surface area contributed by atoms with Crippen LogP contribution in [0.15, 0.2) is 118 Å². The fraction of sp³-hybridized carbons (Fsp3) is 0.370. The number of alkyl halides is 6. The highest BCUT2D eigenvalue weighted by molar-refractivity contribution is 6.08. The highest BCUT2D eigenvalue weighted by Crippen LogP contribution is 2.52. The number of aromatic nitrogens is 2. The molecule has 0 spiro atoms. The zero-order chi connectivity index (χ0) is 53.9. The van der Waals surface area contributed by atoms with Crippen molar-refractivity contribution in [3.05, 3.63) is 143 Å². The van der Waals surface area contributed by atoms with E-state index < -0.39 is 24.7 Å². The van der Waals surface area contributed by atoms with Crippen molar-refractivity contribution in [3.8, 4) is 11.5 Å². The van der Waals surface area contributed by atoms with Gasteiger partial charge in [-0.05, 0) is 118 Å². The number of nitrogens with one attached hydrogen (secondary N) is 1. The summed E-state index contributed by atoms with van der Waals surface area (Å²) in [5.41, 5.74) is 3.85. The van der Waals surface area contributed by atoms with E-state index in [-0.39, 0.29) is 101 Å². The van der Waals surface area contributed by atoms with Gasteiger partial charge in [0.25, 0.3) is 23.8 Å². The first kappa shape index (κ1) is 52.8. The SMILES string of the molecule is CCOC(=O)c1coc(N(CC)C2c3ccccc3N(C(=O)c3ccc(OC(F)(F)F)cc3)C3CCCC23)n1.CCOC(=O)c1coc(NC2c3ccccc3N(C(=O)c3ccc(OC(F)(F)F)cc3)C3CCCC23)n1. The molecule has 2 saturated carbocycles. The molecule has 6 unspecified atom stereocenters. The van der Waals surface area contributed by atoms with Crippen LogP contribution in [0.2, 0.25) is 0 Å². The molecular weight excluding hydrogens is 1010 g/mol. The van der Waals surface area contributed by atoms with E-state index in [1.54, 1.807) is 23.6 Å². The van der Waals surface area contributed by atoms with Crippen LogP contribution < -0.4 is 29.5 Å². The molecule has 400 valence electrons. The summed E-state index contributed by atoms with van der Waals surface area (Å²) in [6, 6.07) is 24.8. The number of carbonyl (C=O) groups is 4. The van der Waals surface area contributed by atoms with Crippen LogP contribution in [0, 0.1) is 11.8 Å². The second kappa shape index (κ2) is 22.0. The van der Waals surface area contributed by atoms with E-state index in [0.29, 0.717) is 18.2 Å². The van der Waals surface area contributed by atoms with Crippen LogP contribution in [0.1, 0.15) is 124 Å². The van der Waals surface area contributed by atoms with Gasteiger partial charge in [-0.15, -0.1) is 26.3 Å². The Kier molecular flexibility index (Phi) is 15.3. The minimum atomic E-state index is -4.81. The zero-order valence-corrected chi connectivity index (χ0v) is 41.3. The standard InChI is InChI=1S/C28H28F3N3O5.C26H24F3N3O5/c1-3-33(27-32-21(16-38-27)26(36)37-4-2)24-19-8-5-6-10-22(19)34(23-11-7-9-20(23)24)25(35)17-12-14-18(15-13-17)39-28(29,30)31;1-2-35-24(34)19-14-36-25(30-19)31-22-17-6-3-4-8-20(17)32(21-9-5-7-18(21)22)23(33)15-10-12-16(13-11-15)37-26(27,28)29/h5-6,8,10,12-16,20,23-24H,3-4,7,9,11H2,1-2H3;3-4,6,8,10-14,18,21-22H,2,5,7,9H2,1H3,(H,30,31). The highest BCUT2D eigenvalue weighted by atomic mass is 19.4. The predicted octanol–water partition coefficient (Wildman–Crippen LogP) is 11.9. The molecule has 6 atom stereocenters. The lowest BCUT2D eigenvalue weighted by Gasteiger charge is -2.47. The second-order valence-corrected chi connectivity index (χ2v) is 18.3. The van der Waals surface area contributed by atoms with Crippen LogP contribution in [-0.4, -0.2) is 78.3 Å². The molecule has 2 fully saturated rings. The smallest absolute Gasteiger partial charge is 0.461 e. The molecule has 1 N–H and O–H groups in total. The van der Waals surface area contributed by atoms with Gasteiger partial charge in [-0.1, -0.05) is 49.2 Å². The lowest BCUT2D eigenvalue weighted by Crippen LogP contribution is -2.51. The third-order valence-corrected chi connectivity index (χ3v) is 13.9. The van der Waals surface area contributed by atoms with Gasteiger partial charge in [0.2, 0.25) is 0 Å². The Hall–Kier alpha value is -8.04. The molecule has 4 aliphatic rings. The molecule has 2 amide bonds. The molecule has 4 heterocycles. The number of para-hydroxylation sites is 2. The number of ether oxygens (including phenoxy) is 4. The van der Waals surface area contributed by atoms with Crippen LogP contribution >= 0.6 is 0 Å². The lowest BCUT2D eigenvalue weighted by atomic mass is 9.81. The van der Waals surface area contributed by atoms with Crippen molar-refractivity contribution in [1.29, 1.82) is 0 Å². The Bertz CT molecular complexity index is 3040. The van der Waals surface area contributed by atoms with Crippen LogP contribution in [0.5, 0.6) is 11.5 Å². The predicted molar refractivity (Wildman–Crippen MR) is 262 cm³/mol. The molecule has 10 rings (SSSR count). The summed E-state index contributed by atoms with van der Waals surface area (Å²) in [5.74, 6) is -2.45. The fourth-order valence-corrected chi connectivity index (χ4v) is 11.0. The van der Waals surface area contributed by atoms with Gasteiger partial charge in [-0.3, -0.25) is 9.59 Å². The fourth-order valence-electron chi connectivity index (χ4n) is 11.0. The number of amides is 2. The van der Waals surface area contributed by atoms with Crippen molar-refractivity contribution in [2.45, 2.75) is 96.2 Å². The average Bonchev–Trinajstić information content (AvgIpc) is 4.26. The maximum Gasteiger partial charge on any atom is 0.573 e. The van der Waals surface area contributed by atoms with E-state index in [1.807, 2.05) is 60.4 Å². The van der Waals surface area contributed by atoms with Gasteiger partial charge in [-0.25, -0.2) is 9.59 Å². The molecular formula is C54H52F6N6O10. The minimum absolute atomic E-state index is 0.0182. The lowest BCUT2D eigenvalue weighted by molar-refractivity contribution is -0.275. The van der Waals surface area contributed by atoms with E-state index in [9.17, 15) is 45.5 Å². The van der Waals surface area contributed by atoms with Crippen molar-refractivity contribution in [2.75, 3.05) is 39.8 Å². The summed E-state index contributed by atoms with van der Waals surface area (Å²) in [4.78, 5) is 65.8. The van der Waals surface area contributed by atoms with Gasteiger partial charge in [0.05, 0.1) is 25.3 Å².